The number of nitrogens with one attached hydrogen (secondary N) is 3. The summed E-state index contributed by atoms with van der Waals surface area (Å²) in [7, 11) is 0. The predicted octanol–water partition coefficient (Wildman–Crippen LogP) is 12.6. The molecule has 0 aromatic heterocycles. The van der Waals surface area contributed by atoms with Gasteiger partial charge in [-0.2, -0.15) is 0 Å². The van der Waals surface area contributed by atoms with E-state index in [9.17, 15) is 19.2 Å². The number of fused-ring (bicyclic) bond motifs is 5. The van der Waals surface area contributed by atoms with E-state index in [4.69, 9.17) is 40.0 Å². The first kappa shape index (κ1) is 63.0. The molecule has 0 aromatic carbocycles. The minimum Gasteiger partial charge on any atom is -0.444 e. The van der Waals surface area contributed by atoms with Crippen LogP contribution in [0.15, 0.2) is 0 Å². The third-order valence-corrected chi connectivity index (χ3v) is 17.0. The lowest BCUT2D eigenvalue weighted by Crippen LogP contribution is -2.63. The molecule has 0 bridgehead atoms. The van der Waals surface area contributed by atoms with Gasteiger partial charge in [-0.15, -0.1) is 11.6 Å². The van der Waals surface area contributed by atoms with Crippen molar-refractivity contribution in [3.8, 4) is 0 Å². The van der Waals surface area contributed by atoms with E-state index in [1.807, 2.05) is 67.2 Å². The first-order chi connectivity index (χ1) is 34.3. The van der Waals surface area contributed by atoms with Crippen molar-refractivity contribution < 1.29 is 47.6 Å². The lowest BCUT2D eigenvalue weighted by Gasteiger charge is -2.65. The molecule has 0 radical (unpaired) electrons. The van der Waals surface area contributed by atoms with Crippen LogP contribution in [0.1, 0.15) is 206 Å². The molecule has 11 atom stereocenters. The van der Waals surface area contributed by atoms with Gasteiger partial charge in [-0.05, 0) is 187 Å². The van der Waals surface area contributed by atoms with Crippen molar-refractivity contribution in [2.24, 2.45) is 46.3 Å². The van der Waals surface area contributed by atoms with Crippen molar-refractivity contribution in [3.05, 3.63) is 0 Å². The Bertz CT molecular complexity index is 1680. The molecular weight excluding hydrogens is 948 g/mol. The molecular formula is C58H105ClN4O10. The summed E-state index contributed by atoms with van der Waals surface area (Å²) in [5, 5.41) is 8.75. The van der Waals surface area contributed by atoms with Gasteiger partial charge in [0.1, 0.15) is 22.7 Å². The zero-order valence-electron chi connectivity index (χ0n) is 48.2. The van der Waals surface area contributed by atoms with Crippen molar-refractivity contribution in [2.75, 3.05) is 58.4 Å². The number of ether oxygens (including phenoxy) is 6. The molecule has 0 spiro atoms. The molecule has 4 rings (SSSR count). The van der Waals surface area contributed by atoms with Crippen LogP contribution >= 0.6 is 11.6 Å². The Morgan fingerprint density at radius 2 is 1.15 bits per heavy atom. The van der Waals surface area contributed by atoms with Crippen LogP contribution < -0.4 is 16.0 Å². The van der Waals surface area contributed by atoms with E-state index in [0.29, 0.717) is 94.2 Å². The monoisotopic (exact) mass is 1050 g/mol. The fraction of sp³-hybridized carbons (Fsp3) is 0.931. The lowest BCUT2D eigenvalue weighted by atomic mass is 9.43. The standard InChI is InChI=1S/C58H105ClN4O10/c1-14-15-16-17-18-19-32-63(49(64)40-59)33-20-24-41(2)44-25-26-45-50-46(39-48(58(44,45)13)70-36-23-31-62-53(67)73-56(9,10)11)57(12)28-27-43(68-34-21-29-60-51(65)71-54(3,4)5)37-42(57)38-47(50)69-35-22-30-61-52(66)72-55(6,7)8/h41-48,50H,14-40H2,1-13H3,(H,60,65)(H,61,66)(H,62,67)/t41-,42?,43-,44-,45?,46?,47-,48+,50?,57+,58-/m1/s1. The molecule has 4 aliphatic carbocycles. The summed E-state index contributed by atoms with van der Waals surface area (Å²) in [6.45, 7) is 31.2. The normalized spacial score (nSPS) is 28.5. The average molecular weight is 1050 g/mol. The number of hydrogen-bond acceptors (Lipinski definition) is 10. The molecule has 73 heavy (non-hydrogen) atoms. The van der Waals surface area contributed by atoms with Gasteiger partial charge in [-0.3, -0.25) is 4.79 Å². The molecule has 4 saturated carbocycles. The third-order valence-electron chi connectivity index (χ3n) is 16.8. The number of halogens is 1. The van der Waals surface area contributed by atoms with Crippen molar-refractivity contribution in [2.45, 2.75) is 241 Å². The maximum absolute atomic E-state index is 13.1. The minimum absolute atomic E-state index is 0.0225. The molecule has 3 N–H and O–H groups in total. The smallest absolute Gasteiger partial charge is 0.407 e. The Kier molecular flexibility index (Phi) is 25.2. The molecule has 4 fully saturated rings. The fourth-order valence-corrected chi connectivity index (χ4v) is 13.6. The topological polar surface area (TPSA) is 163 Å². The van der Waals surface area contributed by atoms with E-state index in [1.54, 1.807) is 0 Å². The van der Waals surface area contributed by atoms with Crippen molar-refractivity contribution in [3.63, 3.8) is 0 Å². The summed E-state index contributed by atoms with van der Waals surface area (Å²) in [5.41, 5.74) is -1.72. The third kappa shape index (κ3) is 20.1. The second kappa shape index (κ2) is 29.3. The predicted molar refractivity (Wildman–Crippen MR) is 291 cm³/mol. The molecule has 0 saturated heterocycles. The zero-order chi connectivity index (χ0) is 54.0. The Labute approximate surface area is 448 Å². The Morgan fingerprint density at radius 1 is 0.630 bits per heavy atom. The summed E-state index contributed by atoms with van der Waals surface area (Å²) in [5.74, 6) is 2.42. The summed E-state index contributed by atoms with van der Waals surface area (Å²) in [6.07, 6.45) is 17.3. The number of unbranched alkanes of at least 4 members (excludes halogenated alkanes) is 5. The highest BCUT2D eigenvalue weighted by atomic mass is 35.5. The number of alkyl carbamates (subject to hydrolysis) is 3. The van der Waals surface area contributed by atoms with E-state index < -0.39 is 35.1 Å². The summed E-state index contributed by atoms with van der Waals surface area (Å²) >= 11 is 6.16. The van der Waals surface area contributed by atoms with Crippen molar-refractivity contribution in [1.82, 2.24) is 20.9 Å². The SMILES string of the molecule is CCCCCCCCN(CCC[C@@H](C)[C@H]1CCC2C3C(C[C@H](OCCCNC(=O)OC(C)(C)C)[C@@]21C)[C@@]1(C)CC[C@@H](OCCCNC(=O)OC(C)(C)C)CC1C[C@H]3OCCCNC(=O)OC(C)(C)C)C(=O)CCl. The number of rotatable bonds is 28. The molecule has 4 unspecified atom stereocenters. The van der Waals surface area contributed by atoms with Gasteiger partial charge in [-0.25, -0.2) is 14.4 Å². The zero-order valence-corrected chi connectivity index (χ0v) is 49.0. The molecule has 424 valence electrons. The van der Waals surface area contributed by atoms with Gasteiger partial charge in [0.25, 0.3) is 0 Å². The van der Waals surface area contributed by atoms with Crippen LogP contribution in [0.2, 0.25) is 0 Å². The molecule has 0 heterocycles. The van der Waals surface area contributed by atoms with Crippen LogP contribution in [0.25, 0.3) is 0 Å². The molecule has 15 heteroatoms. The highest BCUT2D eigenvalue weighted by Crippen LogP contribution is 2.69. The van der Waals surface area contributed by atoms with Crippen LogP contribution in [-0.4, -0.2) is 123 Å². The molecule has 14 nitrogen and oxygen atoms in total. The fourth-order valence-electron chi connectivity index (χ4n) is 13.4. The van der Waals surface area contributed by atoms with Crippen LogP contribution in [0.5, 0.6) is 0 Å². The molecule has 4 amide bonds. The first-order valence-corrected chi connectivity index (χ1v) is 29.4. The quantitative estimate of drug-likeness (QED) is 0.0390. The number of carbonyl (C=O) groups is 4. The van der Waals surface area contributed by atoms with Gasteiger partial charge in [-0.1, -0.05) is 59.8 Å². The van der Waals surface area contributed by atoms with Crippen LogP contribution in [0.3, 0.4) is 0 Å². The number of amides is 4. The maximum atomic E-state index is 13.1. The van der Waals surface area contributed by atoms with Crippen molar-refractivity contribution >= 4 is 35.8 Å². The highest BCUT2D eigenvalue weighted by Gasteiger charge is 2.66. The van der Waals surface area contributed by atoms with E-state index in [0.717, 1.165) is 83.7 Å². The van der Waals surface area contributed by atoms with E-state index in [2.05, 4.69) is 43.6 Å². The van der Waals surface area contributed by atoms with Gasteiger partial charge in [0.05, 0.1) is 18.3 Å². The van der Waals surface area contributed by atoms with Crippen LogP contribution in [-0.2, 0) is 33.2 Å². The Hall–Kier alpha value is -2.55. The van der Waals surface area contributed by atoms with E-state index >= 15 is 0 Å². The molecule has 4 aliphatic rings. The molecule has 0 aliphatic heterocycles. The van der Waals surface area contributed by atoms with Gasteiger partial charge in [0.2, 0.25) is 5.91 Å². The van der Waals surface area contributed by atoms with Gasteiger partial charge in [0.15, 0.2) is 0 Å². The largest absolute Gasteiger partial charge is 0.444 e. The highest BCUT2D eigenvalue weighted by molar-refractivity contribution is 6.27. The average Bonchev–Trinajstić information content (AvgIpc) is 3.65. The van der Waals surface area contributed by atoms with Gasteiger partial charge in [0, 0.05) is 58.0 Å². The summed E-state index contributed by atoms with van der Waals surface area (Å²) in [4.78, 5) is 52.5. The van der Waals surface area contributed by atoms with Crippen molar-refractivity contribution in [1.29, 1.82) is 0 Å². The second-order valence-corrected chi connectivity index (χ2v) is 26.1. The maximum Gasteiger partial charge on any atom is 0.407 e. The summed E-state index contributed by atoms with van der Waals surface area (Å²) in [6, 6.07) is 0. The minimum atomic E-state index is -0.568. The number of hydrogen-bond donors (Lipinski definition) is 3. The Balaban J connectivity index is 1.55. The number of nitrogens with zero attached hydrogens (tertiary/aromatic N) is 1. The number of alkyl halides is 1. The Morgan fingerprint density at radius 3 is 1.70 bits per heavy atom. The lowest BCUT2D eigenvalue weighted by molar-refractivity contribution is -0.227. The van der Waals surface area contributed by atoms with Gasteiger partial charge >= 0.3 is 18.3 Å². The van der Waals surface area contributed by atoms with Crippen LogP contribution in [0.4, 0.5) is 14.4 Å². The van der Waals surface area contributed by atoms with E-state index in [1.165, 1.54) is 25.7 Å². The molecule has 0 aromatic rings. The first-order valence-electron chi connectivity index (χ1n) is 28.9. The number of carbonyl (C=O) groups excluding carboxylic acids is 4. The van der Waals surface area contributed by atoms with E-state index in [-0.39, 0.29) is 40.9 Å². The van der Waals surface area contributed by atoms with Gasteiger partial charge < -0.3 is 49.3 Å². The summed E-state index contributed by atoms with van der Waals surface area (Å²) < 4.78 is 37.4. The van der Waals surface area contributed by atoms with Crippen LogP contribution in [0, 0.1) is 46.3 Å². The second-order valence-electron chi connectivity index (χ2n) is 25.8.